The number of amides is 1. The molecule has 0 saturated heterocycles. The zero-order valence-electron chi connectivity index (χ0n) is 14.5. The molecule has 1 N–H and O–H groups in total. The van der Waals surface area contributed by atoms with Gasteiger partial charge < -0.3 is 19.4 Å². The van der Waals surface area contributed by atoms with Crippen molar-refractivity contribution in [3.8, 4) is 23.0 Å². The Kier molecular flexibility index (Phi) is 4.82. The number of pyridine rings is 1. The molecular weight excluding hydrogens is 344 g/mol. The van der Waals surface area contributed by atoms with Gasteiger partial charge in [0.15, 0.2) is 17.3 Å². The first-order chi connectivity index (χ1) is 13.3. The number of carbonyl (C=O) groups is 1. The number of aromatic nitrogens is 3. The lowest BCUT2D eigenvalue weighted by molar-refractivity contribution is -0.116. The Morgan fingerprint density at radius 1 is 1.15 bits per heavy atom. The van der Waals surface area contributed by atoms with E-state index in [0.29, 0.717) is 18.8 Å². The molecule has 3 aromatic rings. The highest BCUT2D eigenvalue weighted by Gasteiger charge is 2.12. The molecule has 2 aromatic heterocycles. The number of ether oxygens (including phenoxy) is 2. The van der Waals surface area contributed by atoms with Crippen molar-refractivity contribution in [1.82, 2.24) is 19.9 Å². The summed E-state index contributed by atoms with van der Waals surface area (Å²) in [6.07, 6.45) is 8.58. The van der Waals surface area contributed by atoms with Crippen LogP contribution in [0.1, 0.15) is 5.56 Å². The molecule has 0 spiro atoms. The van der Waals surface area contributed by atoms with Crippen LogP contribution in [0.25, 0.3) is 17.6 Å². The Bertz CT molecular complexity index is 966. The van der Waals surface area contributed by atoms with Crippen LogP contribution in [0.15, 0.2) is 61.1 Å². The molecule has 0 radical (unpaired) electrons. The summed E-state index contributed by atoms with van der Waals surface area (Å²) in [5.74, 6) is 2.04. The van der Waals surface area contributed by atoms with E-state index in [9.17, 15) is 4.79 Å². The van der Waals surface area contributed by atoms with Crippen LogP contribution < -0.4 is 14.8 Å². The van der Waals surface area contributed by atoms with Gasteiger partial charge in [0.25, 0.3) is 0 Å². The van der Waals surface area contributed by atoms with E-state index >= 15 is 0 Å². The van der Waals surface area contributed by atoms with Crippen molar-refractivity contribution < 1.29 is 14.3 Å². The second-order valence-electron chi connectivity index (χ2n) is 5.90. The highest BCUT2D eigenvalue weighted by molar-refractivity contribution is 5.91. The smallest absolute Gasteiger partial charge is 0.244 e. The molecule has 0 unspecified atom stereocenters. The third-order valence-electron chi connectivity index (χ3n) is 4.09. The van der Waals surface area contributed by atoms with Crippen LogP contribution in [0.2, 0.25) is 0 Å². The highest BCUT2D eigenvalue weighted by Crippen LogP contribution is 2.32. The first-order valence-electron chi connectivity index (χ1n) is 8.58. The molecule has 1 aliphatic rings. The third-order valence-corrected chi connectivity index (χ3v) is 4.09. The van der Waals surface area contributed by atoms with Crippen LogP contribution in [-0.2, 0) is 11.3 Å². The summed E-state index contributed by atoms with van der Waals surface area (Å²) in [6.45, 7) is 1.33. The Labute approximate surface area is 156 Å². The molecule has 4 rings (SSSR count). The van der Waals surface area contributed by atoms with Crippen molar-refractivity contribution in [2.45, 2.75) is 6.54 Å². The molecule has 0 aliphatic carbocycles. The summed E-state index contributed by atoms with van der Waals surface area (Å²) >= 11 is 0. The Hall–Kier alpha value is -3.61. The lowest BCUT2D eigenvalue weighted by Crippen LogP contribution is -2.25. The van der Waals surface area contributed by atoms with Gasteiger partial charge in [-0.05, 0) is 35.9 Å². The fourth-order valence-corrected chi connectivity index (χ4v) is 2.77. The van der Waals surface area contributed by atoms with Gasteiger partial charge in [0.05, 0.1) is 0 Å². The first kappa shape index (κ1) is 16.8. The normalized spacial score (nSPS) is 12.4. The van der Waals surface area contributed by atoms with Crippen LogP contribution in [0, 0.1) is 0 Å². The quantitative estimate of drug-likeness (QED) is 0.682. The number of hydrogen-bond donors (Lipinski definition) is 1. The van der Waals surface area contributed by atoms with Crippen LogP contribution >= 0.6 is 0 Å². The number of imidazole rings is 1. The number of rotatable bonds is 6. The van der Waals surface area contributed by atoms with Gasteiger partial charge in [0, 0.05) is 37.8 Å². The number of hydrogen-bond acceptors (Lipinski definition) is 5. The number of fused-ring (bicyclic) bond motifs is 1. The van der Waals surface area contributed by atoms with E-state index in [1.807, 2.05) is 47.2 Å². The first-order valence-corrected chi connectivity index (χ1v) is 8.58. The number of nitrogens with zero attached hydrogens (tertiary/aromatic N) is 3. The molecule has 136 valence electrons. The zero-order valence-corrected chi connectivity index (χ0v) is 14.5. The highest BCUT2D eigenvalue weighted by atomic mass is 16.7. The maximum atomic E-state index is 12.0. The van der Waals surface area contributed by atoms with Crippen LogP contribution in [0.4, 0.5) is 0 Å². The van der Waals surface area contributed by atoms with Crippen molar-refractivity contribution in [3.05, 3.63) is 66.6 Å². The standard InChI is InChI=1S/C20H18N4O3/c25-19(7-5-15-4-6-17-18(13-15)27-14-26-17)22-9-11-24-12-10-23-20(24)16-3-1-2-8-21-16/h1-8,10,12-13H,9,11,14H2,(H,22,25)/b7-5+. The van der Waals surface area contributed by atoms with Crippen molar-refractivity contribution in [1.29, 1.82) is 0 Å². The molecule has 3 heterocycles. The van der Waals surface area contributed by atoms with Crippen molar-refractivity contribution >= 4 is 12.0 Å². The summed E-state index contributed by atoms with van der Waals surface area (Å²) < 4.78 is 12.6. The summed E-state index contributed by atoms with van der Waals surface area (Å²) in [5, 5.41) is 2.87. The maximum Gasteiger partial charge on any atom is 0.244 e. The third kappa shape index (κ3) is 3.98. The lowest BCUT2D eigenvalue weighted by atomic mass is 10.2. The van der Waals surface area contributed by atoms with Crippen LogP contribution in [0.5, 0.6) is 11.5 Å². The van der Waals surface area contributed by atoms with Crippen LogP contribution in [0.3, 0.4) is 0 Å². The van der Waals surface area contributed by atoms with Gasteiger partial charge in [-0.25, -0.2) is 4.98 Å². The van der Waals surface area contributed by atoms with Gasteiger partial charge in [0.1, 0.15) is 5.69 Å². The van der Waals surface area contributed by atoms with E-state index < -0.39 is 0 Å². The predicted octanol–water partition coefficient (Wildman–Crippen LogP) is 2.50. The predicted molar refractivity (Wildman–Crippen MR) is 100 cm³/mol. The second kappa shape index (κ2) is 7.74. The van der Waals surface area contributed by atoms with E-state index in [1.165, 1.54) is 6.08 Å². The average molecular weight is 362 g/mol. The van der Waals surface area contributed by atoms with Gasteiger partial charge in [-0.3, -0.25) is 9.78 Å². The fourth-order valence-electron chi connectivity index (χ4n) is 2.77. The van der Waals surface area contributed by atoms with Gasteiger partial charge in [-0.2, -0.15) is 0 Å². The van der Waals surface area contributed by atoms with Crippen molar-refractivity contribution in [3.63, 3.8) is 0 Å². The molecule has 0 saturated carbocycles. The largest absolute Gasteiger partial charge is 0.454 e. The SMILES string of the molecule is O=C(/C=C/c1ccc2c(c1)OCO2)NCCn1ccnc1-c1ccccn1. The zero-order chi connectivity index (χ0) is 18.5. The molecule has 7 heteroatoms. The minimum Gasteiger partial charge on any atom is -0.454 e. The monoisotopic (exact) mass is 362 g/mol. The van der Waals surface area contributed by atoms with Crippen molar-refractivity contribution in [2.24, 2.45) is 0 Å². The minimum atomic E-state index is -0.160. The fraction of sp³-hybridized carbons (Fsp3) is 0.150. The van der Waals surface area contributed by atoms with Gasteiger partial charge in [0.2, 0.25) is 12.7 Å². The molecule has 1 aliphatic heterocycles. The Morgan fingerprint density at radius 3 is 2.96 bits per heavy atom. The van der Waals surface area contributed by atoms with Gasteiger partial charge in [-0.1, -0.05) is 12.1 Å². The molecule has 27 heavy (non-hydrogen) atoms. The topological polar surface area (TPSA) is 78.3 Å². The summed E-state index contributed by atoms with van der Waals surface area (Å²) in [4.78, 5) is 20.7. The molecule has 1 amide bonds. The second-order valence-corrected chi connectivity index (χ2v) is 5.90. The summed E-state index contributed by atoms with van der Waals surface area (Å²) in [6, 6.07) is 11.2. The molecule has 7 nitrogen and oxygen atoms in total. The van der Waals surface area contributed by atoms with E-state index in [1.54, 1.807) is 18.5 Å². The summed E-state index contributed by atoms with van der Waals surface area (Å²) in [5.41, 5.74) is 1.68. The Balaban J connectivity index is 1.31. The van der Waals surface area contributed by atoms with Gasteiger partial charge >= 0.3 is 0 Å². The maximum absolute atomic E-state index is 12.0. The minimum absolute atomic E-state index is 0.160. The van der Waals surface area contributed by atoms with E-state index in [-0.39, 0.29) is 12.7 Å². The Morgan fingerprint density at radius 2 is 2.07 bits per heavy atom. The molecular formula is C20H18N4O3. The molecule has 1 aromatic carbocycles. The van der Waals surface area contributed by atoms with E-state index in [2.05, 4.69) is 15.3 Å². The van der Waals surface area contributed by atoms with E-state index in [0.717, 1.165) is 22.8 Å². The molecule has 0 atom stereocenters. The van der Waals surface area contributed by atoms with E-state index in [4.69, 9.17) is 9.47 Å². The number of benzene rings is 1. The molecule has 0 fully saturated rings. The lowest BCUT2D eigenvalue weighted by Gasteiger charge is -2.07. The summed E-state index contributed by atoms with van der Waals surface area (Å²) in [7, 11) is 0. The number of carbonyl (C=O) groups excluding carboxylic acids is 1. The molecule has 0 bridgehead atoms. The van der Waals surface area contributed by atoms with Gasteiger partial charge in [-0.15, -0.1) is 0 Å². The van der Waals surface area contributed by atoms with Crippen LogP contribution in [-0.4, -0.2) is 33.8 Å². The average Bonchev–Trinajstić information content (AvgIpc) is 3.36. The number of nitrogens with one attached hydrogen (secondary N) is 1. The van der Waals surface area contributed by atoms with Crippen molar-refractivity contribution in [2.75, 3.05) is 13.3 Å².